The fourth-order valence-electron chi connectivity index (χ4n) is 3.71. The van der Waals surface area contributed by atoms with Crippen molar-refractivity contribution in [3.8, 4) is 0 Å². The second kappa shape index (κ2) is 5.57. The Hall–Kier alpha value is -1.14. The van der Waals surface area contributed by atoms with Gasteiger partial charge >= 0.3 is 5.97 Å². The first-order valence-electron chi connectivity index (χ1n) is 7.64. The number of hydrogen-bond acceptors (Lipinski definition) is 4. The summed E-state index contributed by atoms with van der Waals surface area (Å²) in [5, 5.41) is 11.7. The van der Waals surface area contributed by atoms with Gasteiger partial charge in [-0.15, -0.1) is 0 Å². The van der Waals surface area contributed by atoms with Crippen molar-refractivity contribution in [3.63, 3.8) is 0 Å². The van der Waals surface area contributed by atoms with Crippen molar-refractivity contribution in [1.29, 1.82) is 0 Å². The van der Waals surface area contributed by atoms with Gasteiger partial charge < -0.3 is 20.9 Å². The molecule has 4 atom stereocenters. The quantitative estimate of drug-likeness (QED) is 0.695. The smallest absolute Gasteiger partial charge is 0.306 e. The molecule has 21 heavy (non-hydrogen) atoms. The van der Waals surface area contributed by atoms with E-state index in [1.807, 2.05) is 13.8 Å². The van der Waals surface area contributed by atoms with Crippen molar-refractivity contribution in [2.45, 2.75) is 51.7 Å². The molecule has 6 heteroatoms. The van der Waals surface area contributed by atoms with E-state index in [9.17, 15) is 9.59 Å². The van der Waals surface area contributed by atoms with Gasteiger partial charge in [-0.25, -0.2) is 0 Å². The molecule has 120 valence electrons. The average molecular weight is 298 g/mol. The fourth-order valence-corrected chi connectivity index (χ4v) is 3.71. The van der Waals surface area contributed by atoms with Gasteiger partial charge in [-0.1, -0.05) is 20.8 Å². The van der Waals surface area contributed by atoms with E-state index in [0.29, 0.717) is 13.0 Å². The molecule has 1 aliphatic carbocycles. The number of ether oxygens (including phenoxy) is 1. The largest absolute Gasteiger partial charge is 0.481 e. The zero-order valence-corrected chi connectivity index (χ0v) is 13.0. The van der Waals surface area contributed by atoms with Crippen LogP contribution in [0.4, 0.5) is 0 Å². The molecule has 0 spiro atoms. The van der Waals surface area contributed by atoms with Gasteiger partial charge in [-0.2, -0.15) is 0 Å². The van der Waals surface area contributed by atoms with E-state index in [-0.39, 0.29) is 17.9 Å². The molecule has 4 N–H and O–H groups in total. The number of carboxylic acids is 1. The van der Waals surface area contributed by atoms with Crippen molar-refractivity contribution in [3.05, 3.63) is 0 Å². The summed E-state index contributed by atoms with van der Waals surface area (Å²) in [4.78, 5) is 23.3. The Morgan fingerprint density at radius 3 is 2.76 bits per heavy atom. The average Bonchev–Trinajstić information content (AvgIpc) is 2.45. The molecule has 1 saturated heterocycles. The van der Waals surface area contributed by atoms with Crippen molar-refractivity contribution in [1.82, 2.24) is 5.32 Å². The first-order chi connectivity index (χ1) is 9.73. The predicted molar refractivity (Wildman–Crippen MR) is 77.6 cm³/mol. The van der Waals surface area contributed by atoms with Gasteiger partial charge in [-0.05, 0) is 19.3 Å². The fraction of sp³-hybridized carbons (Fsp3) is 0.867. The number of hydrogen-bond donors (Lipinski definition) is 3. The number of carboxylic acid groups (broad SMARTS) is 1. The Morgan fingerprint density at radius 1 is 1.48 bits per heavy atom. The molecule has 1 aliphatic heterocycles. The van der Waals surface area contributed by atoms with Gasteiger partial charge in [0.05, 0.1) is 12.0 Å². The molecule has 0 bridgehead atoms. The van der Waals surface area contributed by atoms with Crippen LogP contribution in [0.25, 0.3) is 0 Å². The lowest BCUT2D eigenvalue weighted by Crippen LogP contribution is -2.82. The molecule has 2 fully saturated rings. The Morgan fingerprint density at radius 2 is 2.14 bits per heavy atom. The molecule has 2 aliphatic rings. The number of aliphatic carboxylic acids is 1. The predicted octanol–water partition coefficient (Wildman–Crippen LogP) is 0.746. The third kappa shape index (κ3) is 2.44. The highest BCUT2D eigenvalue weighted by atomic mass is 16.5. The van der Waals surface area contributed by atoms with Gasteiger partial charge in [0.2, 0.25) is 5.91 Å². The number of fused-ring (bicyclic) bond motifs is 1. The van der Waals surface area contributed by atoms with Crippen molar-refractivity contribution in [2.75, 3.05) is 13.2 Å². The number of amides is 1. The summed E-state index contributed by atoms with van der Waals surface area (Å²) >= 11 is 0. The van der Waals surface area contributed by atoms with Crippen LogP contribution in [-0.4, -0.2) is 41.8 Å². The summed E-state index contributed by atoms with van der Waals surface area (Å²) in [6.45, 7) is 6.64. The lowest BCUT2D eigenvalue weighted by molar-refractivity contribution is -0.225. The first kappa shape index (κ1) is 16.2. The standard InChI is InChI=1S/C15H26N2O4/c1-9(12(18)19)6-7-17-13(20)15(16)10-5-4-8-21-11(10)14(15,2)3/h9-11H,4-8,16H2,1-3H3,(H,17,20)(H,18,19). The topological polar surface area (TPSA) is 102 Å². The molecule has 0 radical (unpaired) electrons. The molecule has 1 saturated carbocycles. The van der Waals surface area contributed by atoms with E-state index in [4.69, 9.17) is 15.6 Å². The van der Waals surface area contributed by atoms with Crippen LogP contribution < -0.4 is 11.1 Å². The Kier molecular flexibility index (Phi) is 4.31. The monoisotopic (exact) mass is 298 g/mol. The highest BCUT2D eigenvalue weighted by molar-refractivity contribution is 5.89. The number of nitrogens with two attached hydrogens (primary N) is 1. The lowest BCUT2D eigenvalue weighted by Gasteiger charge is -2.65. The van der Waals surface area contributed by atoms with Crippen LogP contribution in [-0.2, 0) is 14.3 Å². The molecular formula is C15H26N2O4. The molecule has 0 aromatic heterocycles. The molecule has 0 aromatic rings. The maximum absolute atomic E-state index is 12.5. The van der Waals surface area contributed by atoms with Gasteiger partial charge in [0, 0.05) is 24.5 Å². The first-order valence-corrected chi connectivity index (χ1v) is 7.64. The number of rotatable bonds is 5. The Balaban J connectivity index is 1.96. The third-order valence-corrected chi connectivity index (χ3v) is 5.34. The summed E-state index contributed by atoms with van der Waals surface area (Å²) in [7, 11) is 0. The van der Waals surface area contributed by atoms with Gasteiger partial charge in [0.25, 0.3) is 0 Å². The van der Waals surface area contributed by atoms with Crippen molar-refractivity contribution in [2.24, 2.45) is 23.0 Å². The number of nitrogens with one attached hydrogen (secondary N) is 1. The minimum absolute atomic E-state index is 0.0416. The molecule has 2 rings (SSSR count). The summed E-state index contributed by atoms with van der Waals surface area (Å²) in [5.41, 5.74) is 5.12. The second-order valence-corrected chi connectivity index (χ2v) is 6.91. The van der Waals surface area contributed by atoms with Gasteiger partial charge in [0.1, 0.15) is 5.54 Å². The van der Waals surface area contributed by atoms with E-state index >= 15 is 0 Å². The third-order valence-electron chi connectivity index (χ3n) is 5.34. The molecule has 4 unspecified atom stereocenters. The van der Waals surface area contributed by atoms with Crippen LogP contribution in [0.2, 0.25) is 0 Å². The number of carbonyl (C=O) groups excluding carboxylic acids is 1. The Bertz CT molecular complexity index is 437. The molecule has 1 amide bonds. The maximum atomic E-state index is 12.5. The molecule has 0 aromatic carbocycles. The summed E-state index contributed by atoms with van der Waals surface area (Å²) in [5.74, 6) is -1.45. The second-order valence-electron chi connectivity index (χ2n) is 6.91. The van der Waals surface area contributed by atoms with E-state index in [0.717, 1.165) is 19.4 Å². The van der Waals surface area contributed by atoms with Crippen LogP contribution in [0.1, 0.15) is 40.0 Å². The zero-order valence-electron chi connectivity index (χ0n) is 13.0. The summed E-state index contributed by atoms with van der Waals surface area (Å²) < 4.78 is 5.77. The Labute approximate surface area is 125 Å². The van der Waals surface area contributed by atoms with Crippen LogP contribution in [0.5, 0.6) is 0 Å². The van der Waals surface area contributed by atoms with E-state index in [1.165, 1.54) is 0 Å². The summed E-state index contributed by atoms with van der Waals surface area (Å²) in [6, 6.07) is 0. The molecular weight excluding hydrogens is 272 g/mol. The zero-order chi connectivity index (χ0) is 15.8. The SMILES string of the molecule is CC(CCNC(=O)C1(N)C2CCCOC2C1(C)C)C(=O)O. The van der Waals surface area contributed by atoms with E-state index < -0.39 is 22.8 Å². The van der Waals surface area contributed by atoms with Crippen molar-refractivity contribution < 1.29 is 19.4 Å². The van der Waals surface area contributed by atoms with Crippen LogP contribution >= 0.6 is 0 Å². The van der Waals surface area contributed by atoms with E-state index in [2.05, 4.69) is 5.32 Å². The van der Waals surface area contributed by atoms with E-state index in [1.54, 1.807) is 6.92 Å². The van der Waals surface area contributed by atoms with Crippen LogP contribution in [0.3, 0.4) is 0 Å². The molecule has 6 nitrogen and oxygen atoms in total. The highest BCUT2D eigenvalue weighted by Gasteiger charge is 2.70. The summed E-state index contributed by atoms with van der Waals surface area (Å²) in [6.07, 6.45) is 2.28. The maximum Gasteiger partial charge on any atom is 0.306 e. The minimum Gasteiger partial charge on any atom is -0.481 e. The van der Waals surface area contributed by atoms with Crippen LogP contribution in [0.15, 0.2) is 0 Å². The highest BCUT2D eigenvalue weighted by Crippen LogP contribution is 2.57. The molecule has 1 heterocycles. The minimum atomic E-state index is -0.926. The normalized spacial score (nSPS) is 35.2. The van der Waals surface area contributed by atoms with Crippen LogP contribution in [0, 0.1) is 17.3 Å². The van der Waals surface area contributed by atoms with Crippen molar-refractivity contribution >= 4 is 11.9 Å². The van der Waals surface area contributed by atoms with Gasteiger partial charge in [0.15, 0.2) is 0 Å². The van der Waals surface area contributed by atoms with Gasteiger partial charge in [-0.3, -0.25) is 9.59 Å². The number of carbonyl (C=O) groups is 2. The lowest BCUT2D eigenvalue weighted by atomic mass is 9.46.